The zero-order valence-corrected chi connectivity index (χ0v) is 15.0. The van der Waals surface area contributed by atoms with Crippen molar-refractivity contribution in [2.45, 2.75) is 19.8 Å². The van der Waals surface area contributed by atoms with Crippen LogP contribution in [-0.2, 0) is 0 Å². The van der Waals surface area contributed by atoms with E-state index in [9.17, 15) is 9.59 Å². The van der Waals surface area contributed by atoms with Crippen LogP contribution < -0.4 is 5.32 Å². The van der Waals surface area contributed by atoms with Crippen molar-refractivity contribution in [3.05, 3.63) is 57.8 Å². The van der Waals surface area contributed by atoms with Gasteiger partial charge in [0.25, 0.3) is 11.8 Å². The molecule has 1 aromatic heterocycles. The largest absolute Gasteiger partial charge is 0.339 e. The van der Waals surface area contributed by atoms with Crippen LogP contribution in [0.15, 0.2) is 41.1 Å². The van der Waals surface area contributed by atoms with Crippen LogP contribution in [0.5, 0.6) is 0 Å². The number of amides is 2. The van der Waals surface area contributed by atoms with E-state index in [2.05, 4.69) is 26.2 Å². The van der Waals surface area contributed by atoms with E-state index in [1.165, 1.54) is 12.4 Å². The quantitative estimate of drug-likeness (QED) is 0.874. The van der Waals surface area contributed by atoms with Crippen molar-refractivity contribution in [3.8, 4) is 0 Å². The second kappa shape index (κ2) is 7.13. The van der Waals surface area contributed by atoms with Gasteiger partial charge in [0.05, 0.1) is 11.1 Å². The molecule has 0 unspecified atom stereocenters. The van der Waals surface area contributed by atoms with Crippen molar-refractivity contribution in [3.63, 3.8) is 0 Å². The highest BCUT2D eigenvalue weighted by Crippen LogP contribution is 2.20. The zero-order valence-electron chi connectivity index (χ0n) is 13.4. The molecular formula is C18H18BrN3O2. The van der Waals surface area contributed by atoms with Crippen molar-refractivity contribution in [2.24, 2.45) is 0 Å². The van der Waals surface area contributed by atoms with E-state index in [-0.39, 0.29) is 11.8 Å². The van der Waals surface area contributed by atoms with Crippen molar-refractivity contribution in [1.82, 2.24) is 9.88 Å². The fourth-order valence-corrected chi connectivity index (χ4v) is 2.96. The lowest BCUT2D eigenvalue weighted by Gasteiger charge is -2.15. The number of aromatic nitrogens is 1. The Kier molecular flexibility index (Phi) is 4.94. The summed E-state index contributed by atoms with van der Waals surface area (Å²) in [5, 5.41) is 2.84. The minimum absolute atomic E-state index is 0.0610. The molecule has 1 aliphatic heterocycles. The number of rotatable bonds is 3. The third-order valence-corrected chi connectivity index (χ3v) is 4.95. The van der Waals surface area contributed by atoms with Crippen molar-refractivity contribution in [1.29, 1.82) is 0 Å². The lowest BCUT2D eigenvalue weighted by molar-refractivity contribution is 0.0792. The number of carbonyl (C=O) groups excluding carboxylic acids is 2. The van der Waals surface area contributed by atoms with Crippen molar-refractivity contribution < 1.29 is 9.59 Å². The Balaban J connectivity index is 1.76. The predicted molar refractivity (Wildman–Crippen MR) is 96.2 cm³/mol. The molecular weight excluding hydrogens is 370 g/mol. The first-order chi connectivity index (χ1) is 11.5. The summed E-state index contributed by atoms with van der Waals surface area (Å²) in [6.45, 7) is 3.50. The van der Waals surface area contributed by atoms with Gasteiger partial charge in [0.1, 0.15) is 0 Å². The van der Waals surface area contributed by atoms with Gasteiger partial charge >= 0.3 is 0 Å². The van der Waals surface area contributed by atoms with Gasteiger partial charge in [0.15, 0.2) is 0 Å². The average molecular weight is 388 g/mol. The standard InChI is InChI=1S/C18H18BrN3O2/c1-12-8-15(4-5-16(12)19)21-17(23)13-9-14(11-20-10-13)18(24)22-6-2-3-7-22/h4-5,8-11H,2-3,6-7H2,1H3,(H,21,23). The van der Waals surface area contributed by atoms with Gasteiger partial charge in [-0.05, 0) is 49.6 Å². The van der Waals surface area contributed by atoms with Gasteiger partial charge in [-0.1, -0.05) is 15.9 Å². The van der Waals surface area contributed by atoms with Crippen LogP contribution in [0.4, 0.5) is 5.69 Å². The summed E-state index contributed by atoms with van der Waals surface area (Å²) in [6.07, 6.45) is 5.05. The van der Waals surface area contributed by atoms with Crippen LogP contribution in [0.3, 0.4) is 0 Å². The van der Waals surface area contributed by atoms with Gasteiger partial charge in [0, 0.05) is 35.6 Å². The number of aryl methyl sites for hydroxylation is 1. The SMILES string of the molecule is Cc1cc(NC(=O)c2cncc(C(=O)N3CCCC3)c2)ccc1Br. The van der Waals surface area contributed by atoms with Gasteiger partial charge in [-0.25, -0.2) is 0 Å². The molecule has 2 aromatic rings. The van der Waals surface area contributed by atoms with E-state index in [0.29, 0.717) is 16.8 Å². The van der Waals surface area contributed by atoms with E-state index in [1.54, 1.807) is 11.0 Å². The van der Waals surface area contributed by atoms with E-state index >= 15 is 0 Å². The van der Waals surface area contributed by atoms with E-state index in [1.807, 2.05) is 25.1 Å². The number of nitrogens with zero attached hydrogens (tertiary/aromatic N) is 2. The Hall–Kier alpha value is -2.21. The Morgan fingerprint density at radius 1 is 1.12 bits per heavy atom. The van der Waals surface area contributed by atoms with Crippen LogP contribution in [0, 0.1) is 6.92 Å². The van der Waals surface area contributed by atoms with Crippen molar-refractivity contribution in [2.75, 3.05) is 18.4 Å². The molecule has 1 fully saturated rings. The summed E-state index contributed by atoms with van der Waals surface area (Å²) < 4.78 is 0.986. The van der Waals surface area contributed by atoms with Gasteiger partial charge < -0.3 is 10.2 Å². The molecule has 24 heavy (non-hydrogen) atoms. The Bertz CT molecular complexity index is 786. The number of likely N-dealkylation sites (tertiary alicyclic amines) is 1. The predicted octanol–water partition coefficient (Wildman–Crippen LogP) is 3.64. The molecule has 0 bridgehead atoms. The molecule has 5 nitrogen and oxygen atoms in total. The second-order valence-corrected chi connectivity index (χ2v) is 6.73. The van der Waals surface area contributed by atoms with E-state index < -0.39 is 0 Å². The molecule has 1 N–H and O–H groups in total. The number of nitrogens with one attached hydrogen (secondary N) is 1. The van der Waals surface area contributed by atoms with E-state index in [0.717, 1.165) is 36.0 Å². The second-order valence-electron chi connectivity index (χ2n) is 5.88. The first kappa shape index (κ1) is 16.6. The number of carbonyl (C=O) groups is 2. The normalized spacial score (nSPS) is 13.8. The van der Waals surface area contributed by atoms with Gasteiger partial charge in [-0.15, -0.1) is 0 Å². The molecule has 0 spiro atoms. The molecule has 1 aliphatic rings. The fraction of sp³-hybridized carbons (Fsp3) is 0.278. The molecule has 2 heterocycles. The topological polar surface area (TPSA) is 62.3 Å². The molecule has 124 valence electrons. The highest BCUT2D eigenvalue weighted by atomic mass is 79.9. The number of anilines is 1. The smallest absolute Gasteiger partial charge is 0.257 e. The third kappa shape index (κ3) is 3.64. The molecule has 0 radical (unpaired) electrons. The van der Waals surface area contributed by atoms with Crippen LogP contribution in [0.1, 0.15) is 39.1 Å². The summed E-state index contributed by atoms with van der Waals surface area (Å²) in [4.78, 5) is 30.7. The summed E-state index contributed by atoms with van der Waals surface area (Å²) in [5.41, 5.74) is 2.57. The van der Waals surface area contributed by atoms with Crippen LogP contribution in [0.2, 0.25) is 0 Å². The average Bonchev–Trinajstić information content (AvgIpc) is 3.12. The first-order valence-corrected chi connectivity index (χ1v) is 8.66. The number of hydrogen-bond acceptors (Lipinski definition) is 3. The zero-order chi connectivity index (χ0) is 17.1. The maximum atomic E-state index is 12.4. The first-order valence-electron chi connectivity index (χ1n) is 7.86. The van der Waals surface area contributed by atoms with Gasteiger partial charge in [-0.3, -0.25) is 14.6 Å². The molecule has 1 saturated heterocycles. The summed E-state index contributed by atoms with van der Waals surface area (Å²) in [7, 11) is 0. The summed E-state index contributed by atoms with van der Waals surface area (Å²) >= 11 is 3.43. The molecule has 2 amide bonds. The molecule has 0 aliphatic carbocycles. The van der Waals surface area contributed by atoms with Gasteiger partial charge in [-0.2, -0.15) is 0 Å². The molecule has 6 heteroatoms. The lowest BCUT2D eigenvalue weighted by atomic mass is 10.1. The Morgan fingerprint density at radius 3 is 2.54 bits per heavy atom. The van der Waals surface area contributed by atoms with E-state index in [4.69, 9.17) is 0 Å². The van der Waals surface area contributed by atoms with Crippen LogP contribution >= 0.6 is 15.9 Å². The highest BCUT2D eigenvalue weighted by molar-refractivity contribution is 9.10. The van der Waals surface area contributed by atoms with Crippen LogP contribution in [0.25, 0.3) is 0 Å². The fourth-order valence-electron chi connectivity index (χ4n) is 2.71. The summed E-state index contributed by atoms with van der Waals surface area (Å²) in [6, 6.07) is 7.20. The van der Waals surface area contributed by atoms with Gasteiger partial charge in [0.2, 0.25) is 0 Å². The Morgan fingerprint density at radius 2 is 1.83 bits per heavy atom. The molecule has 1 aromatic carbocycles. The maximum Gasteiger partial charge on any atom is 0.257 e. The summed E-state index contributed by atoms with van der Waals surface area (Å²) in [5.74, 6) is -0.338. The minimum atomic E-state index is -0.278. The number of benzene rings is 1. The third-order valence-electron chi connectivity index (χ3n) is 4.06. The number of halogens is 1. The lowest BCUT2D eigenvalue weighted by Crippen LogP contribution is -2.28. The monoisotopic (exact) mass is 387 g/mol. The highest BCUT2D eigenvalue weighted by Gasteiger charge is 2.20. The number of pyridine rings is 1. The molecule has 0 saturated carbocycles. The molecule has 3 rings (SSSR count). The Labute approximate surface area is 149 Å². The minimum Gasteiger partial charge on any atom is -0.339 e. The van der Waals surface area contributed by atoms with Crippen LogP contribution in [-0.4, -0.2) is 34.8 Å². The molecule has 0 atom stereocenters. The number of hydrogen-bond donors (Lipinski definition) is 1. The maximum absolute atomic E-state index is 12.4. The van der Waals surface area contributed by atoms with Crippen molar-refractivity contribution >= 4 is 33.4 Å².